The average Bonchev–Trinajstić information content (AvgIpc) is 3.11. The lowest BCUT2D eigenvalue weighted by atomic mass is 9.86. The molecule has 1 aliphatic heterocycles. The second kappa shape index (κ2) is 9.48. The predicted molar refractivity (Wildman–Crippen MR) is 107 cm³/mol. The maximum atomic E-state index is 12.1. The van der Waals surface area contributed by atoms with Gasteiger partial charge in [0, 0.05) is 24.5 Å². The molecule has 0 bridgehead atoms. The van der Waals surface area contributed by atoms with Crippen molar-refractivity contribution in [2.75, 3.05) is 31.2 Å². The zero-order chi connectivity index (χ0) is 18.4. The molecule has 1 aromatic rings. The van der Waals surface area contributed by atoms with Crippen molar-refractivity contribution >= 4 is 39.7 Å². The number of amides is 1. The molecule has 1 aromatic heterocycles. The number of hydrazine groups is 1. The highest BCUT2D eigenvalue weighted by Gasteiger charge is 2.22. The second-order valence-corrected chi connectivity index (χ2v) is 8.16. The van der Waals surface area contributed by atoms with E-state index in [-0.39, 0.29) is 12.3 Å². The topological polar surface area (TPSA) is 78.5 Å². The fourth-order valence-corrected chi connectivity index (χ4v) is 4.43. The van der Waals surface area contributed by atoms with Crippen LogP contribution >= 0.6 is 23.6 Å². The quantitative estimate of drug-likeness (QED) is 0.526. The smallest absolute Gasteiger partial charge is 0.244 e. The Hall–Kier alpha value is -1.45. The number of anilines is 1. The first-order valence-electron chi connectivity index (χ1n) is 9.24. The molecule has 3 rings (SSSR count). The van der Waals surface area contributed by atoms with E-state index >= 15 is 0 Å². The van der Waals surface area contributed by atoms with E-state index in [1.54, 1.807) is 11.3 Å². The molecule has 2 atom stereocenters. The molecule has 26 heavy (non-hydrogen) atoms. The minimum absolute atomic E-state index is 0.148. The summed E-state index contributed by atoms with van der Waals surface area (Å²) in [5.41, 5.74) is 6.25. The van der Waals surface area contributed by atoms with E-state index in [1.807, 2.05) is 5.38 Å². The summed E-state index contributed by atoms with van der Waals surface area (Å²) in [5, 5.41) is 6.67. The Balaban J connectivity index is 1.39. The van der Waals surface area contributed by atoms with E-state index < -0.39 is 0 Å². The van der Waals surface area contributed by atoms with Crippen LogP contribution in [0.25, 0.3) is 0 Å². The van der Waals surface area contributed by atoms with Crippen molar-refractivity contribution in [2.24, 2.45) is 5.92 Å². The molecule has 0 radical (unpaired) electrons. The lowest BCUT2D eigenvalue weighted by Crippen LogP contribution is -2.51. The zero-order valence-electron chi connectivity index (χ0n) is 15.1. The number of carbonyl (C=O) groups excluding carboxylic acids is 1. The van der Waals surface area contributed by atoms with E-state index in [2.05, 4.69) is 33.0 Å². The van der Waals surface area contributed by atoms with Gasteiger partial charge >= 0.3 is 0 Å². The van der Waals surface area contributed by atoms with E-state index in [0.29, 0.717) is 17.1 Å². The molecule has 0 unspecified atom stereocenters. The Bertz CT molecular complexity index is 618. The van der Waals surface area contributed by atoms with Crippen LogP contribution in [0, 0.1) is 5.92 Å². The number of hydrogen-bond acceptors (Lipinski definition) is 6. The standard InChI is InChI=1S/C17H27N5O2S2/c1-12-4-2-3-5-14(12)19-16(25)21-20-15(23)10-13-11-26-17(18-13)22-6-8-24-9-7-22/h11-12,14H,2-10H2,1H3,(H,20,23)(H2,19,21,25)/t12-,14+/m1/s1. The van der Waals surface area contributed by atoms with Crippen LogP contribution in [-0.4, -0.2) is 48.3 Å². The maximum Gasteiger partial charge on any atom is 0.244 e. The van der Waals surface area contributed by atoms with Crippen LogP contribution < -0.4 is 21.1 Å². The summed E-state index contributed by atoms with van der Waals surface area (Å²) >= 11 is 6.86. The molecule has 1 aliphatic carbocycles. The zero-order valence-corrected chi connectivity index (χ0v) is 16.8. The summed E-state index contributed by atoms with van der Waals surface area (Å²) < 4.78 is 5.35. The third-order valence-electron chi connectivity index (χ3n) is 4.91. The first-order chi connectivity index (χ1) is 12.6. The van der Waals surface area contributed by atoms with Gasteiger partial charge in [0.2, 0.25) is 5.91 Å². The number of morpholine rings is 1. The number of rotatable bonds is 4. The first kappa shape index (κ1) is 19.3. The molecular weight excluding hydrogens is 370 g/mol. The molecule has 2 aliphatic rings. The van der Waals surface area contributed by atoms with Crippen LogP contribution in [0.3, 0.4) is 0 Å². The summed E-state index contributed by atoms with van der Waals surface area (Å²) in [4.78, 5) is 18.9. The molecular formula is C17H27N5O2S2. The van der Waals surface area contributed by atoms with Gasteiger partial charge in [0.05, 0.1) is 25.3 Å². The lowest BCUT2D eigenvalue weighted by molar-refractivity contribution is -0.121. The van der Waals surface area contributed by atoms with E-state index in [1.165, 1.54) is 19.3 Å². The summed E-state index contributed by atoms with van der Waals surface area (Å²) in [6.07, 6.45) is 5.10. The monoisotopic (exact) mass is 397 g/mol. The molecule has 2 fully saturated rings. The SMILES string of the molecule is C[C@@H]1CCCC[C@@H]1NC(=S)NNC(=O)Cc1csc(N2CCOCC2)n1. The van der Waals surface area contributed by atoms with Gasteiger partial charge in [-0.1, -0.05) is 19.8 Å². The number of nitrogens with zero attached hydrogens (tertiary/aromatic N) is 2. The van der Waals surface area contributed by atoms with Crippen molar-refractivity contribution in [2.45, 2.75) is 45.1 Å². The normalized spacial score (nSPS) is 23.3. The minimum atomic E-state index is -0.148. The van der Waals surface area contributed by atoms with Crippen LogP contribution in [0.4, 0.5) is 5.13 Å². The Kier molecular flexibility index (Phi) is 7.04. The van der Waals surface area contributed by atoms with Crippen molar-refractivity contribution in [3.63, 3.8) is 0 Å². The number of thiocarbonyl (C=S) groups is 1. The van der Waals surface area contributed by atoms with Crippen molar-refractivity contribution in [1.29, 1.82) is 0 Å². The Labute approximate surface area is 163 Å². The number of ether oxygens (including phenoxy) is 1. The van der Waals surface area contributed by atoms with Crippen LogP contribution in [0.1, 0.15) is 38.3 Å². The number of nitrogens with one attached hydrogen (secondary N) is 3. The Morgan fingerprint density at radius 1 is 1.35 bits per heavy atom. The molecule has 2 heterocycles. The van der Waals surface area contributed by atoms with Gasteiger partial charge in [-0.05, 0) is 31.0 Å². The maximum absolute atomic E-state index is 12.1. The number of carbonyl (C=O) groups is 1. The van der Waals surface area contributed by atoms with Crippen molar-refractivity contribution in [3.05, 3.63) is 11.1 Å². The summed E-state index contributed by atoms with van der Waals surface area (Å²) in [5.74, 6) is 0.456. The summed E-state index contributed by atoms with van der Waals surface area (Å²) in [6.45, 7) is 5.39. The summed E-state index contributed by atoms with van der Waals surface area (Å²) in [6, 6.07) is 0.385. The molecule has 3 N–H and O–H groups in total. The highest BCUT2D eigenvalue weighted by Crippen LogP contribution is 2.23. The third-order valence-corrected chi connectivity index (χ3v) is 6.08. The molecule has 7 nitrogen and oxygen atoms in total. The Morgan fingerprint density at radius 3 is 2.88 bits per heavy atom. The second-order valence-electron chi connectivity index (χ2n) is 6.91. The molecule has 144 valence electrons. The van der Waals surface area contributed by atoms with Crippen molar-refractivity contribution < 1.29 is 9.53 Å². The van der Waals surface area contributed by atoms with Crippen LogP contribution in [0.5, 0.6) is 0 Å². The molecule has 0 aromatic carbocycles. The highest BCUT2D eigenvalue weighted by atomic mass is 32.1. The van der Waals surface area contributed by atoms with Gasteiger partial charge in [-0.3, -0.25) is 15.6 Å². The fraction of sp³-hybridized carbons (Fsp3) is 0.706. The van der Waals surface area contributed by atoms with Crippen molar-refractivity contribution in [1.82, 2.24) is 21.2 Å². The third kappa shape index (κ3) is 5.52. The molecule has 1 amide bonds. The fourth-order valence-electron chi connectivity index (χ4n) is 3.35. The average molecular weight is 398 g/mol. The van der Waals surface area contributed by atoms with Gasteiger partial charge in [-0.25, -0.2) is 4.98 Å². The molecule has 0 spiro atoms. The highest BCUT2D eigenvalue weighted by molar-refractivity contribution is 7.80. The summed E-state index contributed by atoms with van der Waals surface area (Å²) in [7, 11) is 0. The van der Waals surface area contributed by atoms with Crippen LogP contribution in [-0.2, 0) is 16.0 Å². The van der Waals surface area contributed by atoms with E-state index in [9.17, 15) is 4.79 Å². The largest absolute Gasteiger partial charge is 0.378 e. The van der Waals surface area contributed by atoms with Crippen LogP contribution in [0.2, 0.25) is 0 Å². The van der Waals surface area contributed by atoms with Gasteiger partial charge in [-0.2, -0.15) is 0 Å². The molecule has 1 saturated heterocycles. The molecule has 9 heteroatoms. The number of hydrogen-bond donors (Lipinski definition) is 3. The van der Waals surface area contributed by atoms with Crippen molar-refractivity contribution in [3.8, 4) is 0 Å². The van der Waals surface area contributed by atoms with Gasteiger partial charge in [0.15, 0.2) is 10.2 Å². The van der Waals surface area contributed by atoms with E-state index in [4.69, 9.17) is 17.0 Å². The number of thiazole rings is 1. The minimum Gasteiger partial charge on any atom is -0.378 e. The van der Waals surface area contributed by atoms with Gasteiger partial charge in [0.1, 0.15) is 0 Å². The number of aromatic nitrogens is 1. The van der Waals surface area contributed by atoms with E-state index in [0.717, 1.165) is 43.5 Å². The van der Waals surface area contributed by atoms with Crippen LogP contribution in [0.15, 0.2) is 5.38 Å². The lowest BCUT2D eigenvalue weighted by Gasteiger charge is -2.30. The first-order valence-corrected chi connectivity index (χ1v) is 10.5. The van der Waals surface area contributed by atoms with Gasteiger partial charge < -0.3 is 15.0 Å². The molecule has 1 saturated carbocycles. The van der Waals surface area contributed by atoms with Gasteiger partial charge in [0.25, 0.3) is 0 Å². The predicted octanol–water partition coefficient (Wildman–Crippen LogP) is 1.60. The Morgan fingerprint density at radius 2 is 2.12 bits per heavy atom. The van der Waals surface area contributed by atoms with Gasteiger partial charge in [-0.15, -0.1) is 11.3 Å².